The molecule has 0 unspecified atom stereocenters. The molecule has 0 saturated heterocycles. The molecule has 1 aromatic carbocycles. The van der Waals surface area contributed by atoms with Crippen LogP contribution in [0.4, 0.5) is 11.4 Å². The molecule has 1 rings (SSSR count). The molecule has 0 spiro atoms. The van der Waals surface area contributed by atoms with Gasteiger partial charge in [-0.2, -0.15) is 0 Å². The summed E-state index contributed by atoms with van der Waals surface area (Å²) in [6.45, 7) is -0.184. The van der Waals surface area contributed by atoms with E-state index in [-0.39, 0.29) is 13.1 Å². The Labute approximate surface area is 107 Å². The van der Waals surface area contributed by atoms with Gasteiger partial charge in [0.15, 0.2) is 0 Å². The molecule has 6 N–H and O–H groups in total. The fourth-order valence-corrected chi connectivity index (χ4v) is 2.03. The number of halogens is 1. The molecule has 7 heteroatoms. The largest absolute Gasteiger partial charge is 0.399 e. The van der Waals surface area contributed by atoms with Crippen molar-refractivity contribution in [2.24, 2.45) is 11.5 Å². The smallest absolute Gasteiger partial charge is 0.236 e. The standard InChI is InChI=1S/C10H13BrN4O2/c11-7-3-6(12)1-2-8(7)15(4-9(13)16)5-10(14)17/h1-3H,4-5,12H2,(H2,13,16)(H2,14,17). The second kappa shape index (κ2) is 5.53. The molecule has 0 fully saturated rings. The summed E-state index contributed by atoms with van der Waals surface area (Å²) < 4.78 is 0.667. The van der Waals surface area contributed by atoms with Gasteiger partial charge in [-0.1, -0.05) is 0 Å². The monoisotopic (exact) mass is 300 g/mol. The number of carbonyl (C=O) groups excluding carboxylic acids is 2. The highest BCUT2D eigenvalue weighted by Crippen LogP contribution is 2.27. The number of carbonyl (C=O) groups is 2. The third-order valence-corrected chi connectivity index (χ3v) is 2.64. The van der Waals surface area contributed by atoms with Gasteiger partial charge >= 0.3 is 0 Å². The van der Waals surface area contributed by atoms with E-state index in [0.717, 1.165) is 0 Å². The van der Waals surface area contributed by atoms with E-state index in [9.17, 15) is 9.59 Å². The highest BCUT2D eigenvalue weighted by molar-refractivity contribution is 9.10. The van der Waals surface area contributed by atoms with Crippen LogP contribution in [0.3, 0.4) is 0 Å². The van der Waals surface area contributed by atoms with Crippen LogP contribution in [-0.2, 0) is 9.59 Å². The van der Waals surface area contributed by atoms with Gasteiger partial charge in [0.25, 0.3) is 0 Å². The number of anilines is 2. The third-order valence-electron chi connectivity index (χ3n) is 2.01. The number of rotatable bonds is 5. The van der Waals surface area contributed by atoms with E-state index in [2.05, 4.69) is 15.9 Å². The molecule has 6 nitrogen and oxygen atoms in total. The summed E-state index contributed by atoms with van der Waals surface area (Å²) in [5, 5.41) is 0. The molecule has 0 heterocycles. The summed E-state index contributed by atoms with van der Waals surface area (Å²) in [7, 11) is 0. The molecule has 0 bridgehead atoms. The minimum absolute atomic E-state index is 0.0918. The second-order valence-electron chi connectivity index (χ2n) is 3.50. The zero-order valence-corrected chi connectivity index (χ0v) is 10.6. The maximum Gasteiger partial charge on any atom is 0.236 e. The Morgan fingerprint density at radius 1 is 1.18 bits per heavy atom. The first-order valence-electron chi connectivity index (χ1n) is 4.76. The average Bonchev–Trinajstić information content (AvgIpc) is 2.14. The summed E-state index contributed by atoms with van der Waals surface area (Å²) in [6.07, 6.45) is 0. The zero-order valence-electron chi connectivity index (χ0n) is 9.02. The van der Waals surface area contributed by atoms with E-state index >= 15 is 0 Å². The van der Waals surface area contributed by atoms with Gasteiger partial charge < -0.3 is 22.1 Å². The SMILES string of the molecule is NC(=O)CN(CC(N)=O)c1ccc(N)cc1Br. The van der Waals surface area contributed by atoms with E-state index in [0.29, 0.717) is 15.8 Å². The molecule has 2 amide bonds. The number of amides is 2. The minimum Gasteiger partial charge on any atom is -0.399 e. The van der Waals surface area contributed by atoms with Crippen molar-refractivity contribution in [2.45, 2.75) is 0 Å². The number of nitrogen functional groups attached to an aromatic ring is 1. The first-order valence-corrected chi connectivity index (χ1v) is 5.56. The molecule has 0 atom stereocenters. The minimum atomic E-state index is -0.546. The van der Waals surface area contributed by atoms with Crippen LogP contribution >= 0.6 is 15.9 Å². The zero-order chi connectivity index (χ0) is 13.0. The van der Waals surface area contributed by atoms with Crippen LogP contribution in [0.2, 0.25) is 0 Å². The Balaban J connectivity index is 3.02. The van der Waals surface area contributed by atoms with Crippen LogP contribution in [0.1, 0.15) is 0 Å². The summed E-state index contributed by atoms with van der Waals surface area (Å²) >= 11 is 3.30. The number of hydrogen-bond donors (Lipinski definition) is 3. The van der Waals surface area contributed by atoms with Gasteiger partial charge in [0, 0.05) is 10.2 Å². The lowest BCUT2D eigenvalue weighted by Gasteiger charge is -2.23. The third kappa shape index (κ3) is 3.95. The normalized spacial score (nSPS) is 9.94. The highest BCUT2D eigenvalue weighted by atomic mass is 79.9. The summed E-state index contributed by atoms with van der Waals surface area (Å²) in [4.78, 5) is 23.3. The Hall–Kier alpha value is -1.76. The lowest BCUT2D eigenvalue weighted by Crippen LogP contribution is -2.39. The van der Waals surface area contributed by atoms with E-state index < -0.39 is 11.8 Å². The Bertz CT molecular complexity index is 434. The van der Waals surface area contributed by atoms with Crippen molar-refractivity contribution in [3.05, 3.63) is 22.7 Å². The Morgan fingerprint density at radius 3 is 2.12 bits per heavy atom. The predicted octanol–water partition coefficient (Wildman–Crippen LogP) is -0.192. The number of primary amides is 2. The van der Waals surface area contributed by atoms with Gasteiger partial charge in [0.2, 0.25) is 11.8 Å². The molecule has 0 radical (unpaired) electrons. The van der Waals surface area contributed by atoms with Crippen molar-refractivity contribution in [3.63, 3.8) is 0 Å². The van der Waals surface area contributed by atoms with E-state index in [4.69, 9.17) is 17.2 Å². The quantitative estimate of drug-likeness (QED) is 0.654. The number of nitrogens with two attached hydrogens (primary N) is 3. The van der Waals surface area contributed by atoms with Crippen molar-refractivity contribution in [1.82, 2.24) is 0 Å². The van der Waals surface area contributed by atoms with Crippen molar-refractivity contribution in [2.75, 3.05) is 23.7 Å². The maximum absolute atomic E-state index is 10.9. The molecule has 17 heavy (non-hydrogen) atoms. The molecular weight excluding hydrogens is 288 g/mol. The summed E-state index contributed by atoms with van der Waals surface area (Å²) in [5.74, 6) is -1.09. The van der Waals surface area contributed by atoms with E-state index in [1.165, 1.54) is 4.90 Å². The number of hydrogen-bond acceptors (Lipinski definition) is 4. The van der Waals surface area contributed by atoms with Gasteiger partial charge in [-0.25, -0.2) is 0 Å². The first kappa shape index (κ1) is 13.3. The number of nitrogens with zero attached hydrogens (tertiary/aromatic N) is 1. The molecular formula is C10H13BrN4O2. The van der Waals surface area contributed by atoms with Gasteiger partial charge in [0.1, 0.15) is 0 Å². The van der Waals surface area contributed by atoms with Gasteiger partial charge in [-0.15, -0.1) is 0 Å². The van der Waals surface area contributed by atoms with E-state index in [1.807, 2.05) is 0 Å². The summed E-state index contributed by atoms with van der Waals surface area (Å²) in [6, 6.07) is 5.02. The Kier molecular flexibility index (Phi) is 4.33. The van der Waals surface area contributed by atoms with Gasteiger partial charge in [-0.3, -0.25) is 9.59 Å². The van der Waals surface area contributed by atoms with Crippen LogP contribution in [-0.4, -0.2) is 24.9 Å². The predicted molar refractivity (Wildman–Crippen MR) is 69.2 cm³/mol. The molecule has 92 valence electrons. The molecule has 0 aliphatic heterocycles. The van der Waals surface area contributed by atoms with Crippen LogP contribution < -0.4 is 22.1 Å². The fraction of sp³-hybridized carbons (Fsp3) is 0.200. The van der Waals surface area contributed by atoms with E-state index in [1.54, 1.807) is 18.2 Å². The molecule has 1 aromatic rings. The molecule has 0 aliphatic carbocycles. The van der Waals surface area contributed by atoms with Crippen molar-refractivity contribution in [3.8, 4) is 0 Å². The van der Waals surface area contributed by atoms with Crippen LogP contribution in [0.15, 0.2) is 22.7 Å². The lowest BCUT2D eigenvalue weighted by atomic mass is 10.2. The van der Waals surface area contributed by atoms with Crippen LogP contribution in [0, 0.1) is 0 Å². The van der Waals surface area contributed by atoms with Crippen molar-refractivity contribution in [1.29, 1.82) is 0 Å². The van der Waals surface area contributed by atoms with Crippen LogP contribution in [0.5, 0.6) is 0 Å². The first-order chi connectivity index (χ1) is 7.90. The van der Waals surface area contributed by atoms with Crippen molar-refractivity contribution >= 4 is 39.1 Å². The van der Waals surface area contributed by atoms with Crippen molar-refractivity contribution < 1.29 is 9.59 Å². The molecule has 0 aromatic heterocycles. The lowest BCUT2D eigenvalue weighted by molar-refractivity contribution is -0.117. The second-order valence-corrected chi connectivity index (χ2v) is 4.35. The van der Waals surface area contributed by atoms with Crippen LogP contribution in [0.25, 0.3) is 0 Å². The maximum atomic E-state index is 10.9. The molecule has 0 aliphatic rings. The van der Waals surface area contributed by atoms with Gasteiger partial charge in [-0.05, 0) is 34.1 Å². The molecule has 0 saturated carbocycles. The topological polar surface area (TPSA) is 115 Å². The Morgan fingerprint density at radius 2 is 1.71 bits per heavy atom. The number of benzene rings is 1. The highest BCUT2D eigenvalue weighted by Gasteiger charge is 2.14. The fourth-order valence-electron chi connectivity index (χ4n) is 1.38. The average molecular weight is 301 g/mol. The van der Waals surface area contributed by atoms with Gasteiger partial charge in [0.05, 0.1) is 18.8 Å². The summed E-state index contributed by atoms with van der Waals surface area (Å²) in [5.41, 5.74) is 17.0.